The monoisotopic (exact) mass is 410 g/mol. The van der Waals surface area contributed by atoms with Gasteiger partial charge in [0.05, 0.1) is 0 Å². The molecule has 0 radical (unpaired) electrons. The average molecular weight is 410 g/mol. The Hall–Kier alpha value is -2.80. The Kier molecular flexibility index (Phi) is 4.75. The summed E-state index contributed by atoms with van der Waals surface area (Å²) in [6, 6.07) is 9.90. The number of hydrogen-bond acceptors (Lipinski definition) is 5. The van der Waals surface area contributed by atoms with Crippen molar-refractivity contribution in [2.75, 3.05) is 33.0 Å². The van der Waals surface area contributed by atoms with Crippen LogP contribution in [0.25, 0.3) is 6.08 Å². The lowest BCUT2D eigenvalue weighted by atomic mass is 10.1. The van der Waals surface area contributed by atoms with Crippen molar-refractivity contribution in [3.05, 3.63) is 52.2 Å². The van der Waals surface area contributed by atoms with E-state index >= 15 is 0 Å². The van der Waals surface area contributed by atoms with E-state index in [0.29, 0.717) is 26.2 Å². The Morgan fingerprint density at radius 1 is 1.03 bits per heavy atom. The molecule has 0 bridgehead atoms. The van der Waals surface area contributed by atoms with Gasteiger partial charge in [0, 0.05) is 43.1 Å². The molecule has 2 atom stereocenters. The van der Waals surface area contributed by atoms with Gasteiger partial charge in [-0.2, -0.15) is 0 Å². The van der Waals surface area contributed by atoms with E-state index in [1.54, 1.807) is 17.4 Å². The molecule has 1 aromatic heterocycles. The minimum Gasteiger partial charge on any atom is -0.454 e. The van der Waals surface area contributed by atoms with Crippen molar-refractivity contribution in [3.63, 3.8) is 0 Å². The van der Waals surface area contributed by atoms with E-state index in [9.17, 15) is 9.59 Å². The summed E-state index contributed by atoms with van der Waals surface area (Å²) >= 11 is 1.61. The third-order valence-electron chi connectivity index (χ3n) is 5.77. The van der Waals surface area contributed by atoms with E-state index in [0.717, 1.165) is 28.4 Å². The van der Waals surface area contributed by atoms with E-state index in [1.165, 1.54) is 0 Å². The number of nitrogens with zero attached hydrogens (tertiary/aromatic N) is 2. The largest absolute Gasteiger partial charge is 0.454 e. The number of rotatable bonds is 4. The molecule has 2 unspecified atom stereocenters. The molecule has 2 aromatic rings. The fraction of sp³-hybridized carbons (Fsp3) is 0.364. The van der Waals surface area contributed by atoms with Crippen molar-refractivity contribution in [1.82, 2.24) is 9.80 Å². The van der Waals surface area contributed by atoms with E-state index < -0.39 is 0 Å². The molecule has 1 aromatic carbocycles. The number of fused-ring (bicyclic) bond motifs is 1. The highest BCUT2D eigenvalue weighted by molar-refractivity contribution is 7.10. The quantitative estimate of drug-likeness (QED) is 0.728. The van der Waals surface area contributed by atoms with Crippen LogP contribution in [0.1, 0.15) is 22.8 Å². The molecule has 6 nitrogen and oxygen atoms in total. The SMILES string of the molecule is O=C(/C=C/c1cccs1)N1CCN(C(=O)C2CC2c2ccc3c(c2)OCO3)CC1. The normalized spacial score (nSPS) is 22.9. The molecule has 7 heteroatoms. The molecule has 5 rings (SSSR count). The Bertz CT molecular complexity index is 948. The Morgan fingerprint density at radius 2 is 1.83 bits per heavy atom. The first kappa shape index (κ1) is 18.2. The van der Waals surface area contributed by atoms with Crippen molar-refractivity contribution >= 4 is 29.2 Å². The molecule has 150 valence electrons. The van der Waals surface area contributed by atoms with Crippen LogP contribution >= 0.6 is 11.3 Å². The first-order valence-corrected chi connectivity index (χ1v) is 10.8. The highest BCUT2D eigenvalue weighted by Crippen LogP contribution is 2.50. The topological polar surface area (TPSA) is 59.1 Å². The number of piperazine rings is 1. The number of thiophene rings is 1. The second-order valence-electron chi connectivity index (χ2n) is 7.56. The van der Waals surface area contributed by atoms with Crippen LogP contribution in [0.4, 0.5) is 0 Å². The first-order valence-electron chi connectivity index (χ1n) is 9.88. The Balaban J connectivity index is 1.14. The van der Waals surface area contributed by atoms with Gasteiger partial charge >= 0.3 is 0 Å². The summed E-state index contributed by atoms with van der Waals surface area (Å²) in [7, 11) is 0. The van der Waals surface area contributed by atoms with Gasteiger partial charge in [-0.1, -0.05) is 12.1 Å². The van der Waals surface area contributed by atoms with Crippen molar-refractivity contribution in [2.45, 2.75) is 12.3 Å². The van der Waals surface area contributed by atoms with Gasteiger partial charge < -0.3 is 19.3 Å². The van der Waals surface area contributed by atoms with Gasteiger partial charge in [-0.3, -0.25) is 9.59 Å². The van der Waals surface area contributed by atoms with Gasteiger partial charge in [-0.15, -0.1) is 11.3 Å². The molecule has 29 heavy (non-hydrogen) atoms. The smallest absolute Gasteiger partial charge is 0.246 e. The summed E-state index contributed by atoms with van der Waals surface area (Å²) in [5.41, 5.74) is 1.14. The number of carbonyl (C=O) groups is 2. The lowest BCUT2D eigenvalue weighted by Gasteiger charge is -2.34. The Morgan fingerprint density at radius 3 is 2.62 bits per heavy atom. The average Bonchev–Trinajstić information content (AvgIpc) is 3.14. The maximum atomic E-state index is 12.9. The van der Waals surface area contributed by atoms with Crippen molar-refractivity contribution in [3.8, 4) is 11.5 Å². The number of amides is 2. The van der Waals surface area contributed by atoms with Crippen molar-refractivity contribution < 1.29 is 19.1 Å². The Labute approximate surface area is 173 Å². The van der Waals surface area contributed by atoms with Crippen LogP contribution in [0, 0.1) is 5.92 Å². The minimum absolute atomic E-state index is 0.00940. The lowest BCUT2D eigenvalue weighted by molar-refractivity contribution is -0.138. The molecule has 2 amide bonds. The number of carbonyl (C=O) groups excluding carboxylic acids is 2. The highest BCUT2D eigenvalue weighted by Gasteiger charge is 2.46. The molecular weight excluding hydrogens is 388 g/mol. The molecule has 3 aliphatic rings. The lowest BCUT2D eigenvalue weighted by Crippen LogP contribution is -2.50. The van der Waals surface area contributed by atoms with Crippen LogP contribution in [-0.2, 0) is 9.59 Å². The zero-order valence-electron chi connectivity index (χ0n) is 16.0. The number of hydrogen-bond donors (Lipinski definition) is 0. The summed E-state index contributed by atoms with van der Waals surface area (Å²) in [6.45, 7) is 2.63. The zero-order chi connectivity index (χ0) is 19.8. The molecule has 0 spiro atoms. The summed E-state index contributed by atoms with van der Waals surface area (Å²) in [5.74, 6) is 2.04. The van der Waals surface area contributed by atoms with Crippen molar-refractivity contribution in [1.29, 1.82) is 0 Å². The second-order valence-corrected chi connectivity index (χ2v) is 8.54. The van der Waals surface area contributed by atoms with Crippen LogP contribution in [0.2, 0.25) is 0 Å². The standard InChI is InChI=1S/C22H22N2O4S/c25-21(6-4-16-2-1-11-29-16)23-7-9-24(10-8-23)22(26)18-13-17(18)15-3-5-19-20(12-15)28-14-27-19/h1-6,11-12,17-18H,7-10,13-14H2/b6-4+. The maximum absolute atomic E-state index is 12.9. The van der Waals surface area contributed by atoms with Crippen LogP contribution in [0.5, 0.6) is 11.5 Å². The molecule has 3 heterocycles. The highest BCUT2D eigenvalue weighted by atomic mass is 32.1. The van der Waals surface area contributed by atoms with Gasteiger partial charge in [0.15, 0.2) is 11.5 Å². The van der Waals surface area contributed by atoms with Crippen LogP contribution < -0.4 is 9.47 Å². The van der Waals surface area contributed by atoms with Crippen molar-refractivity contribution in [2.24, 2.45) is 5.92 Å². The van der Waals surface area contributed by atoms with Gasteiger partial charge in [-0.05, 0) is 47.6 Å². The minimum atomic E-state index is 0.00940. The van der Waals surface area contributed by atoms with E-state index in [1.807, 2.05) is 51.6 Å². The maximum Gasteiger partial charge on any atom is 0.246 e. The molecule has 1 aliphatic carbocycles. The molecule has 0 N–H and O–H groups in total. The summed E-state index contributed by atoms with van der Waals surface area (Å²) < 4.78 is 10.8. The predicted molar refractivity (Wildman–Crippen MR) is 110 cm³/mol. The number of ether oxygens (including phenoxy) is 2. The fourth-order valence-corrected chi connectivity index (χ4v) is 4.62. The van der Waals surface area contributed by atoms with Crippen LogP contribution in [0.3, 0.4) is 0 Å². The van der Waals surface area contributed by atoms with Gasteiger partial charge in [0.1, 0.15) is 0 Å². The zero-order valence-corrected chi connectivity index (χ0v) is 16.8. The number of benzene rings is 1. The van der Waals surface area contributed by atoms with Gasteiger partial charge in [0.2, 0.25) is 18.6 Å². The third kappa shape index (κ3) is 3.74. The summed E-state index contributed by atoms with van der Waals surface area (Å²) in [4.78, 5) is 30.0. The summed E-state index contributed by atoms with van der Waals surface area (Å²) in [6.07, 6.45) is 4.35. The third-order valence-corrected chi connectivity index (χ3v) is 6.61. The fourth-order valence-electron chi connectivity index (χ4n) is 4.01. The molecular formula is C22H22N2O4S. The second kappa shape index (κ2) is 7.55. The van der Waals surface area contributed by atoms with E-state index in [4.69, 9.17) is 9.47 Å². The van der Waals surface area contributed by atoms with Crippen LogP contribution in [0.15, 0.2) is 41.8 Å². The molecule has 2 fully saturated rings. The molecule has 2 aliphatic heterocycles. The van der Waals surface area contributed by atoms with Gasteiger partial charge in [0.25, 0.3) is 0 Å². The first-order chi connectivity index (χ1) is 14.2. The molecule has 1 saturated carbocycles. The van der Waals surface area contributed by atoms with E-state index in [-0.39, 0.29) is 30.4 Å². The summed E-state index contributed by atoms with van der Waals surface area (Å²) in [5, 5.41) is 1.99. The molecule has 1 saturated heterocycles. The van der Waals surface area contributed by atoms with Gasteiger partial charge in [-0.25, -0.2) is 0 Å². The van der Waals surface area contributed by atoms with Crippen LogP contribution in [-0.4, -0.2) is 54.6 Å². The predicted octanol–water partition coefficient (Wildman–Crippen LogP) is 2.96. The van der Waals surface area contributed by atoms with E-state index in [2.05, 4.69) is 0 Å².